The Hall–Kier alpha value is -2.14. The van der Waals surface area contributed by atoms with Crippen LogP contribution in [-0.2, 0) is 13.0 Å². The Labute approximate surface area is 162 Å². The van der Waals surface area contributed by atoms with Gasteiger partial charge in [-0.3, -0.25) is 4.98 Å². The van der Waals surface area contributed by atoms with E-state index in [1.807, 2.05) is 19.2 Å². The molecule has 0 saturated carbocycles. The zero-order valence-corrected chi connectivity index (χ0v) is 16.5. The largest absolute Gasteiger partial charge is 0.478 e. The van der Waals surface area contributed by atoms with E-state index in [-0.39, 0.29) is 0 Å². The van der Waals surface area contributed by atoms with E-state index in [4.69, 9.17) is 9.72 Å². The van der Waals surface area contributed by atoms with Gasteiger partial charge in [-0.15, -0.1) is 0 Å². The molecule has 0 radical (unpaired) electrons. The fraction of sp³-hybridized carbons (Fsp3) is 0.545. The summed E-state index contributed by atoms with van der Waals surface area (Å²) in [4.78, 5) is 14.1. The summed E-state index contributed by atoms with van der Waals surface area (Å²) in [6.45, 7) is 9.33. The van der Waals surface area contributed by atoms with E-state index in [1.54, 1.807) is 0 Å². The van der Waals surface area contributed by atoms with E-state index in [1.165, 1.54) is 36.3 Å². The molecule has 0 N–H and O–H groups in total. The first-order valence-corrected chi connectivity index (χ1v) is 10.2. The van der Waals surface area contributed by atoms with Crippen LogP contribution in [0.3, 0.4) is 0 Å². The Morgan fingerprint density at radius 1 is 1.19 bits per heavy atom. The highest BCUT2D eigenvalue weighted by molar-refractivity contribution is 5.47. The molecule has 5 nitrogen and oxygen atoms in total. The summed E-state index contributed by atoms with van der Waals surface area (Å²) in [5.41, 5.74) is 4.71. The number of aryl methyl sites for hydroxylation is 1. The molecular formula is C22H30N4O. The first kappa shape index (κ1) is 18.2. The number of fused-ring (bicyclic) bond motifs is 1. The number of hydrogen-bond acceptors (Lipinski definition) is 5. The molecule has 1 fully saturated rings. The maximum atomic E-state index is 5.93. The smallest absolute Gasteiger partial charge is 0.213 e. The predicted molar refractivity (Wildman–Crippen MR) is 108 cm³/mol. The van der Waals surface area contributed by atoms with Crippen molar-refractivity contribution in [3.05, 3.63) is 47.4 Å². The maximum Gasteiger partial charge on any atom is 0.213 e. The maximum absolute atomic E-state index is 5.93. The lowest BCUT2D eigenvalue weighted by atomic mass is 10.1. The molecular weight excluding hydrogens is 336 g/mol. The lowest BCUT2D eigenvalue weighted by Crippen LogP contribution is -2.31. The average molecular weight is 367 g/mol. The molecule has 4 heterocycles. The molecule has 2 aliphatic heterocycles. The van der Waals surface area contributed by atoms with Crippen LogP contribution in [0.2, 0.25) is 0 Å². The first-order valence-electron chi connectivity index (χ1n) is 10.2. The van der Waals surface area contributed by atoms with Crippen LogP contribution in [0, 0.1) is 6.92 Å². The predicted octanol–water partition coefficient (Wildman–Crippen LogP) is 3.60. The molecule has 27 heavy (non-hydrogen) atoms. The molecule has 2 aromatic rings. The number of ether oxygens (including phenoxy) is 1. The number of nitrogens with zero attached hydrogens (tertiary/aromatic N) is 4. The van der Waals surface area contributed by atoms with Crippen LogP contribution >= 0.6 is 0 Å². The Bertz CT molecular complexity index is 761. The highest BCUT2D eigenvalue weighted by atomic mass is 16.5. The van der Waals surface area contributed by atoms with Gasteiger partial charge >= 0.3 is 0 Å². The summed E-state index contributed by atoms with van der Waals surface area (Å²) in [5.74, 6) is 0.772. The van der Waals surface area contributed by atoms with Crippen LogP contribution in [0.5, 0.6) is 5.88 Å². The topological polar surface area (TPSA) is 41.5 Å². The minimum absolute atomic E-state index is 0.735. The van der Waals surface area contributed by atoms with Crippen molar-refractivity contribution in [2.75, 3.05) is 31.1 Å². The third-order valence-electron chi connectivity index (χ3n) is 5.81. The second-order valence-electron chi connectivity index (χ2n) is 7.81. The van der Waals surface area contributed by atoms with Gasteiger partial charge in [0.1, 0.15) is 0 Å². The number of pyridine rings is 2. The van der Waals surface area contributed by atoms with E-state index in [0.717, 1.165) is 56.7 Å². The Morgan fingerprint density at radius 3 is 2.89 bits per heavy atom. The molecule has 2 aromatic heterocycles. The van der Waals surface area contributed by atoms with E-state index in [2.05, 4.69) is 39.9 Å². The zero-order chi connectivity index (χ0) is 18.6. The summed E-state index contributed by atoms with van der Waals surface area (Å²) in [6.07, 6.45) is 6.66. The summed E-state index contributed by atoms with van der Waals surface area (Å²) in [5, 5.41) is 0. The molecule has 0 aromatic carbocycles. The van der Waals surface area contributed by atoms with Crippen LogP contribution in [0.15, 0.2) is 30.5 Å². The van der Waals surface area contributed by atoms with Crippen LogP contribution in [0.1, 0.15) is 43.1 Å². The van der Waals surface area contributed by atoms with Crippen molar-refractivity contribution in [3.63, 3.8) is 0 Å². The minimum atomic E-state index is 0.735. The zero-order valence-electron chi connectivity index (χ0n) is 16.5. The summed E-state index contributed by atoms with van der Waals surface area (Å²) in [7, 11) is 0. The summed E-state index contributed by atoms with van der Waals surface area (Å²) in [6, 6.07) is 9.16. The third kappa shape index (κ3) is 4.41. The highest BCUT2D eigenvalue weighted by Crippen LogP contribution is 2.25. The van der Waals surface area contributed by atoms with Crippen molar-refractivity contribution in [3.8, 4) is 5.88 Å². The van der Waals surface area contributed by atoms with Gasteiger partial charge in [0.25, 0.3) is 0 Å². The van der Waals surface area contributed by atoms with Crippen molar-refractivity contribution in [2.45, 2.75) is 52.1 Å². The van der Waals surface area contributed by atoms with E-state index >= 15 is 0 Å². The Kier molecular flexibility index (Phi) is 5.58. The van der Waals surface area contributed by atoms with E-state index in [0.29, 0.717) is 0 Å². The molecule has 2 aliphatic rings. The molecule has 0 unspecified atom stereocenters. The van der Waals surface area contributed by atoms with Crippen molar-refractivity contribution in [2.24, 2.45) is 0 Å². The van der Waals surface area contributed by atoms with Gasteiger partial charge in [-0.25, -0.2) is 4.98 Å². The van der Waals surface area contributed by atoms with Gasteiger partial charge in [-0.1, -0.05) is 6.07 Å². The molecule has 5 heteroatoms. The van der Waals surface area contributed by atoms with Gasteiger partial charge in [0.15, 0.2) is 0 Å². The monoisotopic (exact) mass is 366 g/mol. The van der Waals surface area contributed by atoms with Crippen molar-refractivity contribution in [1.82, 2.24) is 14.9 Å². The van der Waals surface area contributed by atoms with Crippen molar-refractivity contribution < 1.29 is 4.74 Å². The lowest BCUT2D eigenvalue weighted by molar-refractivity contribution is 0.226. The summed E-state index contributed by atoms with van der Waals surface area (Å²) >= 11 is 0. The van der Waals surface area contributed by atoms with Gasteiger partial charge in [0.05, 0.1) is 24.2 Å². The molecule has 144 valence electrons. The SMILES string of the molecule is Cc1ccc(N2CCc3nc(OCCCN4CCC[C@@H]4C)ccc3C2)cn1. The molecule has 0 spiro atoms. The fourth-order valence-corrected chi connectivity index (χ4v) is 4.11. The first-order chi connectivity index (χ1) is 13.2. The second kappa shape index (κ2) is 8.26. The molecule has 0 aliphatic carbocycles. The average Bonchev–Trinajstić information content (AvgIpc) is 3.10. The fourth-order valence-electron chi connectivity index (χ4n) is 4.11. The highest BCUT2D eigenvalue weighted by Gasteiger charge is 2.20. The summed E-state index contributed by atoms with van der Waals surface area (Å²) < 4.78 is 5.93. The lowest BCUT2D eigenvalue weighted by Gasteiger charge is -2.30. The van der Waals surface area contributed by atoms with E-state index < -0.39 is 0 Å². The number of likely N-dealkylation sites (tertiary alicyclic amines) is 1. The molecule has 4 rings (SSSR count). The molecule has 0 amide bonds. The van der Waals surface area contributed by atoms with Gasteiger partial charge in [-0.05, 0) is 57.4 Å². The number of anilines is 1. The van der Waals surface area contributed by atoms with E-state index in [9.17, 15) is 0 Å². The standard InChI is InChI=1S/C22H30N4O/c1-17-6-8-20(15-23-17)26-13-10-21-19(16-26)7-9-22(24-21)27-14-4-12-25-11-3-5-18(25)2/h6-9,15,18H,3-5,10-14,16H2,1-2H3/t18-/m0/s1. The number of aromatic nitrogens is 2. The van der Waals surface area contributed by atoms with Gasteiger partial charge in [0, 0.05) is 43.9 Å². The third-order valence-corrected chi connectivity index (χ3v) is 5.81. The van der Waals surface area contributed by atoms with Gasteiger partial charge in [-0.2, -0.15) is 0 Å². The van der Waals surface area contributed by atoms with Gasteiger partial charge < -0.3 is 14.5 Å². The number of rotatable bonds is 6. The van der Waals surface area contributed by atoms with Crippen molar-refractivity contribution >= 4 is 5.69 Å². The van der Waals surface area contributed by atoms with Crippen LogP contribution in [0.4, 0.5) is 5.69 Å². The normalized spacial score (nSPS) is 19.9. The van der Waals surface area contributed by atoms with Gasteiger partial charge in [0.2, 0.25) is 5.88 Å². The Morgan fingerprint density at radius 2 is 2.11 bits per heavy atom. The van der Waals surface area contributed by atoms with Crippen LogP contribution in [-0.4, -0.2) is 47.2 Å². The molecule has 1 atom stereocenters. The minimum Gasteiger partial charge on any atom is -0.478 e. The Balaban J connectivity index is 1.30. The second-order valence-corrected chi connectivity index (χ2v) is 7.81. The van der Waals surface area contributed by atoms with Crippen LogP contribution in [0.25, 0.3) is 0 Å². The number of hydrogen-bond donors (Lipinski definition) is 0. The van der Waals surface area contributed by atoms with Crippen molar-refractivity contribution in [1.29, 1.82) is 0 Å². The quantitative estimate of drug-likeness (QED) is 0.731. The molecule has 1 saturated heterocycles. The molecule has 0 bridgehead atoms. The van der Waals surface area contributed by atoms with Crippen LogP contribution < -0.4 is 9.64 Å².